The minimum absolute atomic E-state index is 0.668. The van der Waals surface area contributed by atoms with Crippen LogP contribution in [-0.2, 0) is 0 Å². The first-order valence-electron chi connectivity index (χ1n) is 23.7. The number of benzene rings is 10. The molecule has 10 aromatic carbocycles. The number of fused-ring (bicyclic) bond motifs is 9. The standard InChI is InChI=1S/C65H40N4O/c1-3-16-42(17-4-1)55-40-56(43-34-36-48(37-35-43)69-57-27-12-8-22-49(57)50-23-9-13-28-58(50)69)68-65(67-55)47-21-15-20-46(38-47)41-30-32-44(33-31-41)61-62-51-24-7-11-26-54(51)66-64(45-18-5-2-6-19-45)53(62)39-60-63(61)52-25-10-14-29-59(52)70-60/h1-40H. The fourth-order valence-corrected chi connectivity index (χ4v) is 10.6. The quantitative estimate of drug-likeness (QED) is 0.150. The van der Waals surface area contributed by atoms with Crippen molar-refractivity contribution >= 4 is 65.4 Å². The third kappa shape index (κ3) is 6.51. The Morgan fingerprint density at radius 3 is 1.57 bits per heavy atom. The normalized spacial score (nSPS) is 11.7. The molecular weight excluding hydrogens is 853 g/mol. The lowest BCUT2D eigenvalue weighted by Gasteiger charge is -2.16. The van der Waals surface area contributed by atoms with E-state index in [0.29, 0.717) is 5.82 Å². The lowest BCUT2D eigenvalue weighted by molar-refractivity contribution is 0.669. The summed E-state index contributed by atoms with van der Waals surface area (Å²) in [5, 5.41) is 7.99. The molecule has 0 amide bonds. The van der Waals surface area contributed by atoms with Gasteiger partial charge in [0.25, 0.3) is 0 Å². The molecule has 14 rings (SSSR count). The van der Waals surface area contributed by atoms with E-state index in [0.717, 1.165) is 111 Å². The predicted molar refractivity (Wildman–Crippen MR) is 289 cm³/mol. The van der Waals surface area contributed by atoms with Crippen molar-refractivity contribution in [3.05, 3.63) is 243 Å². The van der Waals surface area contributed by atoms with Crippen LogP contribution < -0.4 is 0 Å². The molecule has 326 valence electrons. The zero-order chi connectivity index (χ0) is 46.1. The number of furan rings is 1. The average Bonchev–Trinajstić information content (AvgIpc) is 3.98. The topological polar surface area (TPSA) is 56.7 Å². The molecule has 0 fully saturated rings. The Balaban J connectivity index is 0.881. The number of hydrogen-bond donors (Lipinski definition) is 0. The Bertz CT molecular complexity index is 4270. The number of rotatable bonds is 7. The molecule has 0 radical (unpaired) electrons. The highest BCUT2D eigenvalue weighted by molar-refractivity contribution is 6.27. The summed E-state index contributed by atoms with van der Waals surface area (Å²) in [4.78, 5) is 15.8. The molecule has 0 aliphatic heterocycles. The number of para-hydroxylation sites is 4. The minimum atomic E-state index is 0.668. The maximum Gasteiger partial charge on any atom is 0.160 e. The third-order valence-corrected chi connectivity index (χ3v) is 13.8. The molecule has 0 bridgehead atoms. The number of pyridine rings is 1. The molecule has 4 aromatic heterocycles. The highest BCUT2D eigenvalue weighted by Gasteiger charge is 2.22. The smallest absolute Gasteiger partial charge is 0.160 e. The van der Waals surface area contributed by atoms with Crippen molar-refractivity contribution in [1.82, 2.24) is 19.5 Å². The molecule has 0 N–H and O–H groups in total. The lowest BCUT2D eigenvalue weighted by Crippen LogP contribution is -1.97. The van der Waals surface area contributed by atoms with E-state index in [2.05, 4.69) is 229 Å². The van der Waals surface area contributed by atoms with Crippen LogP contribution in [0.3, 0.4) is 0 Å². The van der Waals surface area contributed by atoms with Gasteiger partial charge < -0.3 is 8.98 Å². The average molecular weight is 893 g/mol. The van der Waals surface area contributed by atoms with E-state index in [1.54, 1.807) is 0 Å². The third-order valence-electron chi connectivity index (χ3n) is 13.8. The molecule has 0 atom stereocenters. The zero-order valence-electron chi connectivity index (χ0n) is 37.8. The Hall–Kier alpha value is -9.45. The van der Waals surface area contributed by atoms with Gasteiger partial charge in [-0.05, 0) is 71.3 Å². The van der Waals surface area contributed by atoms with E-state index in [4.69, 9.17) is 19.4 Å². The van der Waals surface area contributed by atoms with Crippen molar-refractivity contribution in [1.29, 1.82) is 0 Å². The molecule has 5 heteroatoms. The van der Waals surface area contributed by atoms with E-state index in [1.807, 2.05) is 18.2 Å². The van der Waals surface area contributed by atoms with Crippen LogP contribution in [0.15, 0.2) is 247 Å². The molecule has 4 heterocycles. The molecule has 5 nitrogen and oxygen atoms in total. The maximum atomic E-state index is 6.65. The predicted octanol–water partition coefficient (Wildman–Crippen LogP) is 17.2. The summed E-state index contributed by atoms with van der Waals surface area (Å²) in [6.45, 7) is 0. The van der Waals surface area contributed by atoms with Crippen molar-refractivity contribution in [2.24, 2.45) is 0 Å². The van der Waals surface area contributed by atoms with E-state index in [-0.39, 0.29) is 0 Å². The summed E-state index contributed by atoms with van der Waals surface area (Å²) in [6, 6.07) is 85.5. The van der Waals surface area contributed by atoms with Gasteiger partial charge in [0.2, 0.25) is 0 Å². The lowest BCUT2D eigenvalue weighted by atomic mass is 9.89. The van der Waals surface area contributed by atoms with Gasteiger partial charge in [-0.2, -0.15) is 0 Å². The second-order valence-electron chi connectivity index (χ2n) is 17.9. The Morgan fingerprint density at radius 1 is 0.314 bits per heavy atom. The second-order valence-corrected chi connectivity index (χ2v) is 17.9. The van der Waals surface area contributed by atoms with Gasteiger partial charge in [0.1, 0.15) is 11.2 Å². The first-order chi connectivity index (χ1) is 34.7. The molecule has 70 heavy (non-hydrogen) atoms. The summed E-state index contributed by atoms with van der Waals surface area (Å²) in [6.07, 6.45) is 0. The monoisotopic (exact) mass is 892 g/mol. The first-order valence-corrected chi connectivity index (χ1v) is 23.7. The maximum absolute atomic E-state index is 6.65. The van der Waals surface area contributed by atoms with Crippen LogP contribution in [0.25, 0.3) is 139 Å². The molecule has 0 unspecified atom stereocenters. The van der Waals surface area contributed by atoms with Gasteiger partial charge in [-0.15, -0.1) is 0 Å². The Kier molecular flexibility index (Phi) is 9.14. The summed E-state index contributed by atoms with van der Waals surface area (Å²) >= 11 is 0. The largest absolute Gasteiger partial charge is 0.456 e. The highest BCUT2D eigenvalue weighted by Crippen LogP contribution is 2.47. The van der Waals surface area contributed by atoms with Crippen LogP contribution in [0.4, 0.5) is 0 Å². The van der Waals surface area contributed by atoms with Gasteiger partial charge in [0, 0.05) is 71.2 Å². The fourth-order valence-electron chi connectivity index (χ4n) is 10.6. The van der Waals surface area contributed by atoms with Crippen LogP contribution in [0.1, 0.15) is 0 Å². The summed E-state index contributed by atoms with van der Waals surface area (Å²) < 4.78 is 9.00. The first kappa shape index (κ1) is 39.7. The minimum Gasteiger partial charge on any atom is -0.456 e. The molecule has 0 saturated carbocycles. The molecule has 14 aromatic rings. The van der Waals surface area contributed by atoms with Gasteiger partial charge in [0.15, 0.2) is 5.82 Å². The van der Waals surface area contributed by atoms with Gasteiger partial charge in [0.05, 0.1) is 33.6 Å². The fraction of sp³-hybridized carbons (Fsp3) is 0. The Morgan fingerprint density at radius 2 is 0.857 bits per heavy atom. The van der Waals surface area contributed by atoms with Crippen LogP contribution in [-0.4, -0.2) is 19.5 Å². The highest BCUT2D eigenvalue weighted by atomic mass is 16.3. The van der Waals surface area contributed by atoms with Gasteiger partial charge >= 0.3 is 0 Å². The van der Waals surface area contributed by atoms with Gasteiger partial charge in [-0.1, -0.05) is 188 Å². The number of aromatic nitrogens is 4. The van der Waals surface area contributed by atoms with Crippen molar-refractivity contribution in [3.8, 4) is 73.1 Å². The number of nitrogens with zero attached hydrogens (tertiary/aromatic N) is 4. The zero-order valence-corrected chi connectivity index (χ0v) is 37.8. The van der Waals surface area contributed by atoms with Crippen molar-refractivity contribution < 1.29 is 4.42 Å². The van der Waals surface area contributed by atoms with Crippen molar-refractivity contribution in [2.45, 2.75) is 0 Å². The number of hydrogen-bond acceptors (Lipinski definition) is 4. The molecule has 0 saturated heterocycles. The van der Waals surface area contributed by atoms with Crippen LogP contribution in [0, 0.1) is 0 Å². The van der Waals surface area contributed by atoms with Crippen LogP contribution in [0.2, 0.25) is 0 Å². The van der Waals surface area contributed by atoms with Crippen LogP contribution >= 0.6 is 0 Å². The van der Waals surface area contributed by atoms with E-state index < -0.39 is 0 Å². The van der Waals surface area contributed by atoms with Crippen molar-refractivity contribution in [2.75, 3.05) is 0 Å². The molecule has 0 aliphatic carbocycles. The SMILES string of the molecule is c1ccc(-c2cc(-c3ccc(-n4c5ccccc5c5ccccc54)cc3)nc(-c3cccc(-c4ccc(-c5c6c(cc7c(-c8ccccc8)nc8ccccc8c57)oc5ccccc56)cc4)c3)n2)cc1. The van der Waals surface area contributed by atoms with Crippen LogP contribution in [0.5, 0.6) is 0 Å². The van der Waals surface area contributed by atoms with E-state index >= 15 is 0 Å². The van der Waals surface area contributed by atoms with Crippen molar-refractivity contribution in [3.63, 3.8) is 0 Å². The van der Waals surface area contributed by atoms with Gasteiger partial charge in [-0.25, -0.2) is 15.0 Å². The molecule has 0 aliphatic rings. The Labute approximate surface area is 403 Å². The second kappa shape index (κ2) is 16.1. The summed E-state index contributed by atoms with van der Waals surface area (Å²) in [5.74, 6) is 0.668. The summed E-state index contributed by atoms with van der Waals surface area (Å²) in [7, 11) is 0. The summed E-state index contributed by atoms with van der Waals surface area (Å²) in [5.41, 5.74) is 17.2. The van der Waals surface area contributed by atoms with E-state index in [9.17, 15) is 0 Å². The molecular formula is C65H40N4O. The van der Waals surface area contributed by atoms with Gasteiger partial charge in [-0.3, -0.25) is 0 Å². The van der Waals surface area contributed by atoms with E-state index in [1.165, 1.54) is 21.8 Å². The molecule has 0 spiro atoms.